The van der Waals surface area contributed by atoms with Gasteiger partial charge in [0, 0.05) is 16.2 Å². The van der Waals surface area contributed by atoms with Crippen molar-refractivity contribution in [3.8, 4) is 5.75 Å². The van der Waals surface area contributed by atoms with Gasteiger partial charge in [0.2, 0.25) is 6.08 Å². The Balaban J connectivity index is 3.40. The molecule has 0 N–H and O–H groups in total. The molecule has 80 valence electrons. The molecular weight excluding hydrogens is 260 g/mol. The Morgan fingerprint density at radius 3 is 2.73 bits per heavy atom. The van der Waals surface area contributed by atoms with E-state index in [9.17, 15) is 4.79 Å². The van der Waals surface area contributed by atoms with Crippen molar-refractivity contribution in [2.75, 3.05) is 7.11 Å². The van der Waals surface area contributed by atoms with Crippen LogP contribution in [-0.4, -0.2) is 18.2 Å². The van der Waals surface area contributed by atoms with E-state index in [4.69, 9.17) is 4.74 Å². The van der Waals surface area contributed by atoms with Crippen molar-refractivity contribution in [1.29, 1.82) is 0 Å². The lowest BCUT2D eigenvalue weighted by molar-refractivity contribution is 0.391. The lowest BCUT2D eigenvalue weighted by atomic mass is 9.95. The van der Waals surface area contributed by atoms with E-state index >= 15 is 0 Å². The van der Waals surface area contributed by atoms with Crippen LogP contribution in [0.25, 0.3) is 0 Å². The minimum Gasteiger partial charge on any atom is -0.495 e. The molecule has 0 aliphatic heterocycles. The SMILES string of the molecule is COc1cncc(Br)c1C(C)(C)N=C=O. The number of halogens is 1. The predicted molar refractivity (Wildman–Crippen MR) is 59.6 cm³/mol. The maximum absolute atomic E-state index is 10.3. The quantitative estimate of drug-likeness (QED) is 0.626. The van der Waals surface area contributed by atoms with Crippen LogP contribution in [0.4, 0.5) is 0 Å². The summed E-state index contributed by atoms with van der Waals surface area (Å²) in [5, 5.41) is 0. The Labute approximate surface area is 96.5 Å². The zero-order valence-corrected chi connectivity index (χ0v) is 10.3. The van der Waals surface area contributed by atoms with Crippen molar-refractivity contribution in [2.24, 2.45) is 4.99 Å². The van der Waals surface area contributed by atoms with E-state index in [1.807, 2.05) is 0 Å². The summed E-state index contributed by atoms with van der Waals surface area (Å²) in [6.07, 6.45) is 4.79. The first-order valence-corrected chi connectivity index (χ1v) is 5.09. The Hall–Kier alpha value is -1.19. The molecule has 1 rings (SSSR count). The van der Waals surface area contributed by atoms with Gasteiger partial charge in [-0.3, -0.25) is 4.98 Å². The van der Waals surface area contributed by atoms with Gasteiger partial charge in [0.05, 0.1) is 18.8 Å². The van der Waals surface area contributed by atoms with Gasteiger partial charge < -0.3 is 4.74 Å². The number of aliphatic imine (C=N–C) groups is 1. The molecule has 0 aliphatic carbocycles. The zero-order valence-electron chi connectivity index (χ0n) is 8.74. The predicted octanol–water partition coefficient (Wildman–Crippen LogP) is 2.42. The number of methoxy groups -OCH3 is 1. The molecule has 0 atom stereocenters. The Kier molecular flexibility index (Phi) is 3.61. The van der Waals surface area contributed by atoms with E-state index in [1.165, 1.54) is 0 Å². The fraction of sp³-hybridized carbons (Fsp3) is 0.400. The zero-order chi connectivity index (χ0) is 11.5. The summed E-state index contributed by atoms with van der Waals surface area (Å²) in [4.78, 5) is 18.1. The molecule has 0 amide bonds. The van der Waals surface area contributed by atoms with E-state index in [1.54, 1.807) is 39.4 Å². The average molecular weight is 271 g/mol. The summed E-state index contributed by atoms with van der Waals surface area (Å²) in [6.45, 7) is 3.61. The fourth-order valence-electron chi connectivity index (χ4n) is 1.34. The number of isocyanates is 1. The molecule has 1 aromatic rings. The molecule has 15 heavy (non-hydrogen) atoms. The van der Waals surface area contributed by atoms with Gasteiger partial charge in [0.15, 0.2) is 0 Å². The lowest BCUT2D eigenvalue weighted by Crippen LogP contribution is -2.16. The van der Waals surface area contributed by atoms with E-state index in [-0.39, 0.29) is 0 Å². The number of hydrogen-bond acceptors (Lipinski definition) is 4. The molecule has 5 heteroatoms. The summed E-state index contributed by atoms with van der Waals surface area (Å²) >= 11 is 3.36. The molecule has 0 unspecified atom stereocenters. The van der Waals surface area contributed by atoms with Gasteiger partial charge in [-0.2, -0.15) is 4.99 Å². The van der Waals surface area contributed by atoms with Crippen molar-refractivity contribution in [3.05, 3.63) is 22.4 Å². The molecule has 0 fully saturated rings. The van der Waals surface area contributed by atoms with Gasteiger partial charge in [0.25, 0.3) is 0 Å². The molecule has 0 saturated heterocycles. The van der Waals surface area contributed by atoms with Gasteiger partial charge >= 0.3 is 0 Å². The highest BCUT2D eigenvalue weighted by molar-refractivity contribution is 9.10. The third kappa shape index (κ3) is 2.43. The minimum absolute atomic E-state index is 0.591. The first kappa shape index (κ1) is 11.9. The number of nitrogens with zero attached hydrogens (tertiary/aromatic N) is 2. The molecule has 0 radical (unpaired) electrons. The maximum atomic E-state index is 10.3. The number of aromatic nitrogens is 1. The van der Waals surface area contributed by atoms with Gasteiger partial charge in [-0.05, 0) is 29.8 Å². The smallest absolute Gasteiger partial charge is 0.235 e. The normalized spacial score (nSPS) is 10.7. The minimum atomic E-state index is -0.686. The molecular formula is C10H11BrN2O2. The highest BCUT2D eigenvalue weighted by Gasteiger charge is 2.26. The number of pyridine rings is 1. The highest BCUT2D eigenvalue weighted by Crippen LogP contribution is 2.37. The molecule has 0 saturated carbocycles. The molecule has 0 bridgehead atoms. The molecule has 0 aliphatic rings. The first-order chi connectivity index (χ1) is 7.03. The number of ether oxygens (including phenoxy) is 1. The molecule has 0 spiro atoms. The molecule has 0 aromatic carbocycles. The summed E-state index contributed by atoms with van der Waals surface area (Å²) in [5.41, 5.74) is 0.0952. The van der Waals surface area contributed by atoms with Crippen LogP contribution in [0.5, 0.6) is 5.75 Å². The van der Waals surface area contributed by atoms with Crippen LogP contribution in [-0.2, 0) is 10.3 Å². The summed E-state index contributed by atoms with van der Waals surface area (Å²) in [7, 11) is 1.55. The Morgan fingerprint density at radius 2 is 2.20 bits per heavy atom. The van der Waals surface area contributed by atoms with Crippen molar-refractivity contribution < 1.29 is 9.53 Å². The largest absolute Gasteiger partial charge is 0.495 e. The van der Waals surface area contributed by atoms with Crippen LogP contribution in [0.15, 0.2) is 21.9 Å². The summed E-state index contributed by atoms with van der Waals surface area (Å²) < 4.78 is 5.93. The number of hydrogen-bond donors (Lipinski definition) is 0. The van der Waals surface area contributed by atoms with Gasteiger partial charge in [0.1, 0.15) is 5.75 Å². The monoisotopic (exact) mass is 270 g/mol. The number of rotatable bonds is 3. The average Bonchev–Trinajstić information content (AvgIpc) is 2.16. The summed E-state index contributed by atoms with van der Waals surface area (Å²) in [6, 6.07) is 0. The van der Waals surface area contributed by atoms with Gasteiger partial charge in [-0.25, -0.2) is 4.79 Å². The highest BCUT2D eigenvalue weighted by atomic mass is 79.9. The summed E-state index contributed by atoms with van der Waals surface area (Å²) in [5.74, 6) is 0.591. The molecule has 4 nitrogen and oxygen atoms in total. The van der Waals surface area contributed by atoms with E-state index in [0.717, 1.165) is 10.0 Å². The van der Waals surface area contributed by atoms with E-state index in [0.29, 0.717) is 5.75 Å². The Bertz CT molecular complexity index is 412. The number of carbonyl (C=O) groups excluding carboxylic acids is 1. The van der Waals surface area contributed by atoms with Crippen LogP contribution in [0.2, 0.25) is 0 Å². The Morgan fingerprint density at radius 1 is 1.53 bits per heavy atom. The van der Waals surface area contributed by atoms with Crippen molar-refractivity contribution in [2.45, 2.75) is 19.4 Å². The molecule has 1 aromatic heterocycles. The topological polar surface area (TPSA) is 51.6 Å². The standard InChI is InChI=1S/C10H11BrN2O2/c1-10(2,13-6-14)9-7(11)4-12-5-8(9)15-3/h4-5H,1-3H3. The second kappa shape index (κ2) is 4.55. The third-order valence-electron chi connectivity index (χ3n) is 2.02. The van der Waals surface area contributed by atoms with Crippen molar-refractivity contribution in [3.63, 3.8) is 0 Å². The first-order valence-electron chi connectivity index (χ1n) is 4.30. The fourth-order valence-corrected chi connectivity index (χ4v) is 2.13. The van der Waals surface area contributed by atoms with E-state index < -0.39 is 5.54 Å². The van der Waals surface area contributed by atoms with Crippen molar-refractivity contribution in [1.82, 2.24) is 4.98 Å². The van der Waals surface area contributed by atoms with Gasteiger partial charge in [-0.15, -0.1) is 0 Å². The van der Waals surface area contributed by atoms with Crippen LogP contribution in [0, 0.1) is 0 Å². The van der Waals surface area contributed by atoms with E-state index in [2.05, 4.69) is 25.9 Å². The van der Waals surface area contributed by atoms with Crippen LogP contribution in [0.1, 0.15) is 19.4 Å². The molecule has 1 heterocycles. The lowest BCUT2D eigenvalue weighted by Gasteiger charge is -2.21. The third-order valence-corrected chi connectivity index (χ3v) is 2.62. The van der Waals surface area contributed by atoms with Crippen LogP contribution < -0.4 is 4.74 Å². The van der Waals surface area contributed by atoms with Gasteiger partial charge in [-0.1, -0.05) is 0 Å². The van der Waals surface area contributed by atoms with Crippen LogP contribution >= 0.6 is 15.9 Å². The van der Waals surface area contributed by atoms with Crippen LogP contribution in [0.3, 0.4) is 0 Å². The van der Waals surface area contributed by atoms with Crippen molar-refractivity contribution >= 4 is 22.0 Å². The maximum Gasteiger partial charge on any atom is 0.235 e. The second-order valence-corrected chi connectivity index (χ2v) is 4.32. The second-order valence-electron chi connectivity index (χ2n) is 3.46.